The topological polar surface area (TPSA) is 224 Å². The molecule has 0 unspecified atom stereocenters. The number of carboxylic acid groups (broad SMARTS) is 6. The van der Waals surface area contributed by atoms with Crippen molar-refractivity contribution in [2.45, 2.75) is 0 Å². The number of rotatable bonds is 6. The molecule has 0 aliphatic carbocycles. The van der Waals surface area contributed by atoms with E-state index in [0.717, 1.165) is 0 Å². The molecule has 0 atom stereocenters. The largest absolute Gasteiger partial charge is 0.478 e. The molecule has 2 radical (unpaired) electrons. The smallest absolute Gasteiger partial charge is 0.337 e. The van der Waals surface area contributed by atoms with Gasteiger partial charge in [0.25, 0.3) is 0 Å². The molecule has 0 aliphatic rings. The summed E-state index contributed by atoms with van der Waals surface area (Å²) in [6, 6.07) is 0. The van der Waals surface area contributed by atoms with Crippen molar-refractivity contribution in [3.05, 3.63) is 33.4 Å². The Bertz CT molecular complexity index is 643. The van der Waals surface area contributed by atoms with Crippen LogP contribution in [0.3, 0.4) is 0 Å². The number of benzene rings is 1. The van der Waals surface area contributed by atoms with Crippen molar-refractivity contribution in [1.82, 2.24) is 0 Å². The molecule has 0 saturated carbocycles. The van der Waals surface area contributed by atoms with Crippen LogP contribution in [-0.2, 0) is 0 Å². The van der Waals surface area contributed by atoms with Gasteiger partial charge in [0.2, 0.25) is 0 Å². The number of hydrogen-bond acceptors (Lipinski definition) is 6. The average molecular weight is 692 g/mol. The van der Waals surface area contributed by atoms with Crippen LogP contribution in [0.25, 0.3) is 0 Å². The monoisotopic (exact) mass is 692 g/mol. The fraction of sp³-hybridized carbons (Fsp3) is 0. The normalized spacial score (nSPS) is 9.23. The molecule has 26 heavy (non-hydrogen) atoms. The molecule has 12 nitrogen and oxygen atoms in total. The zero-order valence-corrected chi connectivity index (χ0v) is 15.0. The summed E-state index contributed by atoms with van der Waals surface area (Å²) in [7, 11) is 0. The van der Waals surface area contributed by atoms with E-state index in [1.807, 2.05) is 0 Å². The summed E-state index contributed by atoms with van der Waals surface area (Å²) < 4.78 is 0. The molecule has 156 valence electrons. The zero-order valence-electron chi connectivity index (χ0n) is 11.6. The van der Waals surface area contributed by atoms with E-state index in [1.165, 1.54) is 0 Å². The van der Waals surface area contributed by atoms with E-state index >= 15 is 0 Å². The first-order valence-electron chi connectivity index (χ1n) is 5.57. The molecule has 0 aromatic heterocycles. The molecular weight excluding hydrogens is 686 g/mol. The van der Waals surface area contributed by atoms with Crippen LogP contribution in [-0.4, -0.2) is 66.5 Å². The summed E-state index contributed by atoms with van der Waals surface area (Å²) in [6.45, 7) is 0. The van der Waals surface area contributed by atoms with Gasteiger partial charge in [-0.25, -0.2) is 28.8 Å². The molecule has 14 heteroatoms. The minimum Gasteiger partial charge on any atom is -0.478 e. The maximum atomic E-state index is 11.2. The summed E-state index contributed by atoms with van der Waals surface area (Å²) in [5.41, 5.74) is -9.95. The number of carboxylic acids is 6. The Labute approximate surface area is 200 Å². The Hall–Kier alpha value is -1.49. The number of hydrogen-bond donors (Lipinski definition) is 6. The van der Waals surface area contributed by atoms with Crippen LogP contribution in [0, 0.1) is 73.7 Å². The second-order valence-corrected chi connectivity index (χ2v) is 4.08. The van der Waals surface area contributed by atoms with E-state index in [9.17, 15) is 28.8 Å². The van der Waals surface area contributed by atoms with E-state index < -0.39 is 69.2 Å². The Kier molecular flexibility index (Phi) is 10.3. The van der Waals surface area contributed by atoms with Gasteiger partial charge in [-0.1, -0.05) is 0 Å². The third-order valence-electron chi connectivity index (χ3n) is 2.78. The molecular formula is C12H6Lu2O12. The third kappa shape index (κ3) is 4.81. The fourth-order valence-electron chi connectivity index (χ4n) is 2.03. The summed E-state index contributed by atoms with van der Waals surface area (Å²) in [5.74, 6) is -13.5. The molecule has 0 saturated heterocycles. The first-order valence-corrected chi connectivity index (χ1v) is 5.57. The van der Waals surface area contributed by atoms with Gasteiger partial charge < -0.3 is 30.6 Å². The first-order chi connectivity index (χ1) is 10.9. The van der Waals surface area contributed by atoms with Crippen LogP contribution in [0.15, 0.2) is 0 Å². The summed E-state index contributed by atoms with van der Waals surface area (Å²) in [4.78, 5) is 67.3. The minimum absolute atomic E-state index is 0. The molecule has 0 amide bonds. The van der Waals surface area contributed by atoms with Crippen LogP contribution in [0.1, 0.15) is 62.1 Å². The number of carbonyl (C=O) groups is 6. The first kappa shape index (κ1) is 26.7. The quantitative estimate of drug-likeness (QED) is 0.230. The van der Waals surface area contributed by atoms with E-state index in [-0.39, 0.29) is 73.7 Å². The molecule has 0 fully saturated rings. The molecule has 1 aromatic carbocycles. The van der Waals surface area contributed by atoms with Crippen molar-refractivity contribution in [2.75, 3.05) is 0 Å². The SMILES string of the molecule is O=C(O)c1c(C(=O)O)c(C(=O)O)c(C(=O)O)c(C(=O)O)c1C(=O)O.[Lu].[Lu]. The van der Waals surface area contributed by atoms with Crippen molar-refractivity contribution in [2.24, 2.45) is 0 Å². The third-order valence-corrected chi connectivity index (χ3v) is 2.78. The van der Waals surface area contributed by atoms with E-state index in [1.54, 1.807) is 0 Å². The zero-order chi connectivity index (χ0) is 18.9. The second-order valence-electron chi connectivity index (χ2n) is 4.08. The molecule has 0 bridgehead atoms. The molecule has 1 rings (SSSR count). The van der Waals surface area contributed by atoms with E-state index in [0.29, 0.717) is 0 Å². The second kappa shape index (κ2) is 10.0. The van der Waals surface area contributed by atoms with Crippen molar-refractivity contribution in [3.63, 3.8) is 0 Å². The van der Waals surface area contributed by atoms with Gasteiger partial charge in [0.05, 0.1) is 33.4 Å². The van der Waals surface area contributed by atoms with Crippen molar-refractivity contribution in [1.29, 1.82) is 0 Å². The van der Waals surface area contributed by atoms with Gasteiger partial charge in [-0.15, -0.1) is 0 Å². The maximum Gasteiger partial charge on any atom is 0.337 e. The van der Waals surface area contributed by atoms with Crippen LogP contribution in [0.2, 0.25) is 0 Å². The van der Waals surface area contributed by atoms with Gasteiger partial charge in [0.1, 0.15) is 0 Å². The predicted octanol–water partition coefficient (Wildman–Crippen LogP) is -0.124. The average Bonchev–Trinajstić information content (AvgIpc) is 2.42. The van der Waals surface area contributed by atoms with Crippen LogP contribution >= 0.6 is 0 Å². The summed E-state index contributed by atoms with van der Waals surface area (Å²) in [5, 5.41) is 54.2. The fourth-order valence-corrected chi connectivity index (χ4v) is 2.03. The van der Waals surface area contributed by atoms with Gasteiger partial charge in [0, 0.05) is 73.7 Å². The summed E-state index contributed by atoms with van der Waals surface area (Å²) >= 11 is 0. The number of aromatic carboxylic acids is 6. The Morgan fingerprint density at radius 3 is 0.462 bits per heavy atom. The Balaban J connectivity index is 0. The van der Waals surface area contributed by atoms with Crippen LogP contribution in [0.4, 0.5) is 0 Å². The Morgan fingerprint density at radius 1 is 0.346 bits per heavy atom. The minimum atomic E-state index is -2.26. The van der Waals surface area contributed by atoms with Crippen molar-refractivity contribution < 1.29 is 133 Å². The maximum absolute atomic E-state index is 11.2. The molecule has 0 heterocycles. The van der Waals surface area contributed by atoms with Gasteiger partial charge in [-0.05, 0) is 0 Å². The van der Waals surface area contributed by atoms with Crippen molar-refractivity contribution in [3.8, 4) is 0 Å². The standard InChI is InChI=1S/C12H6O12.2Lu/c13-7(14)1-2(8(15)16)4(10(19)20)6(12(23)24)5(11(21)22)3(1)9(17)18;;/h(H,13,14)(H,15,16)(H,17,18)(H,19,20)(H,21,22)(H,23,24);;. The Morgan fingerprint density at radius 2 is 0.423 bits per heavy atom. The van der Waals surface area contributed by atoms with Gasteiger partial charge in [0.15, 0.2) is 0 Å². The van der Waals surface area contributed by atoms with Crippen LogP contribution < -0.4 is 0 Å². The van der Waals surface area contributed by atoms with Gasteiger partial charge in [-0.2, -0.15) is 0 Å². The summed E-state index contributed by atoms with van der Waals surface area (Å²) in [6.07, 6.45) is 0. The van der Waals surface area contributed by atoms with E-state index in [2.05, 4.69) is 0 Å². The van der Waals surface area contributed by atoms with Crippen LogP contribution in [0.5, 0.6) is 0 Å². The molecule has 6 N–H and O–H groups in total. The van der Waals surface area contributed by atoms with E-state index in [4.69, 9.17) is 30.6 Å². The van der Waals surface area contributed by atoms with Gasteiger partial charge in [-0.3, -0.25) is 0 Å². The van der Waals surface area contributed by atoms with Gasteiger partial charge >= 0.3 is 35.8 Å². The molecule has 0 spiro atoms. The molecule has 1 aromatic rings. The predicted molar refractivity (Wildman–Crippen MR) is 68.2 cm³/mol. The van der Waals surface area contributed by atoms with Crippen molar-refractivity contribution >= 4 is 35.8 Å². The molecule has 0 aliphatic heterocycles.